The number of piperazine rings is 1. The van der Waals surface area contributed by atoms with Gasteiger partial charge in [-0.3, -0.25) is 4.90 Å². The van der Waals surface area contributed by atoms with Crippen molar-refractivity contribution < 1.29 is 4.74 Å². The van der Waals surface area contributed by atoms with Crippen LogP contribution in [-0.2, 0) is 4.74 Å². The molecule has 3 heteroatoms. The third-order valence-corrected chi connectivity index (χ3v) is 2.06. The normalized spacial score (nSPS) is 27.3. The lowest BCUT2D eigenvalue weighted by atomic mass is 10.2. The second kappa shape index (κ2) is 4.70. The monoisotopic (exact) mass is 158 g/mol. The van der Waals surface area contributed by atoms with Crippen molar-refractivity contribution in [2.24, 2.45) is 0 Å². The van der Waals surface area contributed by atoms with Gasteiger partial charge in [-0.25, -0.2) is 0 Å². The lowest BCUT2D eigenvalue weighted by Crippen LogP contribution is -2.49. The van der Waals surface area contributed by atoms with E-state index in [0.717, 1.165) is 32.8 Å². The number of ether oxygens (including phenoxy) is 1. The summed E-state index contributed by atoms with van der Waals surface area (Å²) in [5.41, 5.74) is 0. The summed E-state index contributed by atoms with van der Waals surface area (Å²) < 4.78 is 5.02. The zero-order valence-electron chi connectivity index (χ0n) is 7.47. The minimum atomic E-state index is 0.639. The van der Waals surface area contributed by atoms with Gasteiger partial charge in [-0.1, -0.05) is 0 Å². The summed E-state index contributed by atoms with van der Waals surface area (Å²) in [7, 11) is 1.76. The number of hydrogen-bond acceptors (Lipinski definition) is 3. The molecular formula is C8H18N2O. The molecule has 0 unspecified atom stereocenters. The maximum atomic E-state index is 5.02. The molecule has 66 valence electrons. The van der Waals surface area contributed by atoms with Gasteiger partial charge in [0.05, 0.1) is 6.61 Å². The Hall–Kier alpha value is -0.120. The lowest BCUT2D eigenvalue weighted by molar-refractivity contribution is 0.129. The molecule has 11 heavy (non-hydrogen) atoms. The average molecular weight is 158 g/mol. The van der Waals surface area contributed by atoms with E-state index in [1.165, 1.54) is 0 Å². The van der Waals surface area contributed by atoms with Gasteiger partial charge in [-0.05, 0) is 6.92 Å². The second-order valence-corrected chi connectivity index (χ2v) is 3.15. The van der Waals surface area contributed by atoms with Crippen LogP contribution < -0.4 is 5.32 Å². The maximum absolute atomic E-state index is 5.02. The standard InChI is InChI=1S/C8H18N2O/c1-8-7-10(4-3-9-8)5-6-11-2/h8-9H,3-7H2,1-2H3/t8-/m1/s1. The summed E-state index contributed by atoms with van der Waals surface area (Å²) in [4.78, 5) is 2.44. The highest BCUT2D eigenvalue weighted by Gasteiger charge is 2.13. The molecule has 1 rings (SSSR count). The first-order chi connectivity index (χ1) is 5.33. The van der Waals surface area contributed by atoms with Crippen molar-refractivity contribution in [2.75, 3.05) is 39.9 Å². The molecule has 0 amide bonds. The number of hydrogen-bond donors (Lipinski definition) is 1. The molecule has 1 aliphatic heterocycles. The fourth-order valence-corrected chi connectivity index (χ4v) is 1.44. The van der Waals surface area contributed by atoms with E-state index in [0.29, 0.717) is 6.04 Å². The Labute approximate surface area is 68.7 Å². The molecule has 1 heterocycles. The fraction of sp³-hybridized carbons (Fsp3) is 1.00. The average Bonchev–Trinajstić information content (AvgIpc) is 2.01. The lowest BCUT2D eigenvalue weighted by Gasteiger charge is -2.31. The van der Waals surface area contributed by atoms with E-state index in [2.05, 4.69) is 17.1 Å². The minimum Gasteiger partial charge on any atom is -0.383 e. The van der Waals surface area contributed by atoms with Crippen LogP contribution in [0.4, 0.5) is 0 Å². The Bertz CT molecular complexity index is 108. The van der Waals surface area contributed by atoms with Crippen LogP contribution in [0.25, 0.3) is 0 Å². The van der Waals surface area contributed by atoms with Crippen LogP contribution in [0.5, 0.6) is 0 Å². The van der Waals surface area contributed by atoms with E-state index in [-0.39, 0.29) is 0 Å². The number of nitrogens with one attached hydrogen (secondary N) is 1. The molecule has 1 aliphatic rings. The molecule has 0 aromatic heterocycles. The van der Waals surface area contributed by atoms with Crippen LogP contribution in [0.15, 0.2) is 0 Å². The summed E-state index contributed by atoms with van der Waals surface area (Å²) in [5, 5.41) is 3.41. The molecular weight excluding hydrogens is 140 g/mol. The topological polar surface area (TPSA) is 24.5 Å². The van der Waals surface area contributed by atoms with Crippen LogP contribution in [0.3, 0.4) is 0 Å². The molecule has 0 radical (unpaired) electrons. The van der Waals surface area contributed by atoms with Gasteiger partial charge in [0.2, 0.25) is 0 Å². The summed E-state index contributed by atoms with van der Waals surface area (Å²) in [6, 6.07) is 0.639. The quantitative estimate of drug-likeness (QED) is 0.622. The molecule has 0 aliphatic carbocycles. The molecule has 1 saturated heterocycles. The van der Waals surface area contributed by atoms with E-state index in [1.807, 2.05) is 0 Å². The van der Waals surface area contributed by atoms with Gasteiger partial charge in [0.1, 0.15) is 0 Å². The second-order valence-electron chi connectivity index (χ2n) is 3.15. The van der Waals surface area contributed by atoms with Crippen molar-refractivity contribution in [3.8, 4) is 0 Å². The minimum absolute atomic E-state index is 0.639. The molecule has 0 aromatic rings. The smallest absolute Gasteiger partial charge is 0.0589 e. The van der Waals surface area contributed by atoms with Gasteiger partial charge in [0.15, 0.2) is 0 Å². The maximum Gasteiger partial charge on any atom is 0.0589 e. The van der Waals surface area contributed by atoms with Crippen molar-refractivity contribution in [3.05, 3.63) is 0 Å². The van der Waals surface area contributed by atoms with Crippen molar-refractivity contribution in [1.82, 2.24) is 10.2 Å². The Kier molecular flexibility index (Phi) is 3.83. The number of nitrogens with zero attached hydrogens (tertiary/aromatic N) is 1. The van der Waals surface area contributed by atoms with E-state index < -0.39 is 0 Å². The van der Waals surface area contributed by atoms with E-state index in [4.69, 9.17) is 4.74 Å². The Morgan fingerprint density at radius 3 is 3.09 bits per heavy atom. The summed E-state index contributed by atoms with van der Waals surface area (Å²) >= 11 is 0. The molecule has 0 aromatic carbocycles. The number of rotatable bonds is 3. The molecule has 0 saturated carbocycles. The zero-order chi connectivity index (χ0) is 8.10. The van der Waals surface area contributed by atoms with Crippen LogP contribution in [0.1, 0.15) is 6.92 Å². The van der Waals surface area contributed by atoms with E-state index in [9.17, 15) is 0 Å². The van der Waals surface area contributed by atoms with Gasteiger partial charge in [0, 0.05) is 39.3 Å². The molecule has 3 nitrogen and oxygen atoms in total. The van der Waals surface area contributed by atoms with Crippen LogP contribution in [-0.4, -0.2) is 50.8 Å². The zero-order valence-corrected chi connectivity index (χ0v) is 7.47. The van der Waals surface area contributed by atoms with Crippen molar-refractivity contribution in [2.45, 2.75) is 13.0 Å². The SMILES string of the molecule is COCCN1CCN[C@H](C)C1. The van der Waals surface area contributed by atoms with Crippen molar-refractivity contribution in [1.29, 1.82) is 0 Å². The molecule has 1 N–H and O–H groups in total. The first-order valence-corrected chi connectivity index (χ1v) is 4.27. The highest BCUT2D eigenvalue weighted by atomic mass is 16.5. The van der Waals surface area contributed by atoms with Crippen LogP contribution in [0, 0.1) is 0 Å². The van der Waals surface area contributed by atoms with E-state index in [1.54, 1.807) is 7.11 Å². The predicted octanol–water partition coefficient (Wildman–Crippen LogP) is -0.0735. The predicted molar refractivity (Wildman–Crippen MR) is 45.8 cm³/mol. The highest BCUT2D eigenvalue weighted by molar-refractivity contribution is 4.74. The van der Waals surface area contributed by atoms with E-state index >= 15 is 0 Å². The Morgan fingerprint density at radius 1 is 1.64 bits per heavy atom. The van der Waals surface area contributed by atoms with Crippen molar-refractivity contribution >= 4 is 0 Å². The molecule has 0 bridgehead atoms. The van der Waals surface area contributed by atoms with Gasteiger partial charge >= 0.3 is 0 Å². The summed E-state index contributed by atoms with van der Waals surface area (Å²) in [6.45, 7) is 7.58. The summed E-state index contributed by atoms with van der Waals surface area (Å²) in [6.07, 6.45) is 0. The Morgan fingerprint density at radius 2 is 2.45 bits per heavy atom. The molecule has 1 atom stereocenters. The number of methoxy groups -OCH3 is 1. The van der Waals surface area contributed by atoms with Gasteiger partial charge < -0.3 is 10.1 Å². The third-order valence-electron chi connectivity index (χ3n) is 2.06. The van der Waals surface area contributed by atoms with Crippen LogP contribution >= 0.6 is 0 Å². The summed E-state index contributed by atoms with van der Waals surface area (Å²) in [5.74, 6) is 0. The molecule has 0 spiro atoms. The first kappa shape index (κ1) is 8.97. The van der Waals surface area contributed by atoms with Gasteiger partial charge in [-0.2, -0.15) is 0 Å². The third kappa shape index (κ3) is 3.18. The van der Waals surface area contributed by atoms with Gasteiger partial charge in [0.25, 0.3) is 0 Å². The van der Waals surface area contributed by atoms with Crippen molar-refractivity contribution in [3.63, 3.8) is 0 Å². The fourth-order valence-electron chi connectivity index (χ4n) is 1.44. The largest absolute Gasteiger partial charge is 0.383 e. The first-order valence-electron chi connectivity index (χ1n) is 4.27. The Balaban J connectivity index is 2.12. The highest BCUT2D eigenvalue weighted by Crippen LogP contribution is 1.96. The molecule has 1 fully saturated rings. The van der Waals surface area contributed by atoms with Crippen LogP contribution in [0.2, 0.25) is 0 Å². The van der Waals surface area contributed by atoms with Gasteiger partial charge in [-0.15, -0.1) is 0 Å².